The molecule has 15 heavy (non-hydrogen) atoms. The lowest BCUT2D eigenvalue weighted by atomic mass is 10.2. The van der Waals surface area contributed by atoms with Crippen LogP contribution in [0.5, 0.6) is 5.75 Å². The lowest BCUT2D eigenvalue weighted by Gasteiger charge is -2.09. The van der Waals surface area contributed by atoms with Gasteiger partial charge in [0.2, 0.25) is 0 Å². The lowest BCUT2D eigenvalue weighted by molar-refractivity contribution is 0.242. The van der Waals surface area contributed by atoms with Gasteiger partial charge in [0.05, 0.1) is 6.10 Å². The van der Waals surface area contributed by atoms with Gasteiger partial charge in [0.15, 0.2) is 0 Å². The van der Waals surface area contributed by atoms with Crippen molar-refractivity contribution in [3.63, 3.8) is 0 Å². The minimum Gasteiger partial charge on any atom is -0.491 e. The highest BCUT2D eigenvalue weighted by Crippen LogP contribution is 2.19. The van der Waals surface area contributed by atoms with Crippen LogP contribution in [0.3, 0.4) is 0 Å². The van der Waals surface area contributed by atoms with Crippen molar-refractivity contribution in [3.8, 4) is 17.1 Å². The van der Waals surface area contributed by atoms with E-state index in [2.05, 4.69) is 9.97 Å². The number of imidazole rings is 1. The number of ether oxygens (including phenoxy) is 1. The molecular weight excluding hydrogens is 188 g/mol. The van der Waals surface area contributed by atoms with Crippen LogP contribution in [0.2, 0.25) is 0 Å². The fraction of sp³-hybridized carbons (Fsp3) is 0.250. The van der Waals surface area contributed by atoms with Crippen molar-refractivity contribution in [3.05, 3.63) is 36.7 Å². The van der Waals surface area contributed by atoms with E-state index in [0.717, 1.165) is 17.1 Å². The van der Waals surface area contributed by atoms with Gasteiger partial charge in [-0.05, 0) is 38.1 Å². The van der Waals surface area contributed by atoms with Gasteiger partial charge >= 0.3 is 0 Å². The SMILES string of the molecule is CC(C)Oc1ccc(-c2ncc[nH]2)cc1. The lowest BCUT2D eigenvalue weighted by Crippen LogP contribution is -2.05. The highest BCUT2D eigenvalue weighted by molar-refractivity contribution is 5.55. The molecule has 1 heterocycles. The number of aromatic amines is 1. The summed E-state index contributed by atoms with van der Waals surface area (Å²) in [5.74, 6) is 1.77. The predicted molar refractivity (Wildman–Crippen MR) is 59.8 cm³/mol. The zero-order chi connectivity index (χ0) is 10.7. The van der Waals surface area contributed by atoms with Gasteiger partial charge in [0.1, 0.15) is 11.6 Å². The number of hydrogen-bond donors (Lipinski definition) is 1. The van der Waals surface area contributed by atoms with Crippen LogP contribution in [0, 0.1) is 0 Å². The van der Waals surface area contributed by atoms with Crippen LogP contribution >= 0.6 is 0 Å². The second kappa shape index (κ2) is 4.17. The average molecular weight is 202 g/mol. The number of rotatable bonds is 3. The molecule has 1 N–H and O–H groups in total. The third-order valence-electron chi connectivity index (χ3n) is 2.00. The number of hydrogen-bond acceptors (Lipinski definition) is 2. The van der Waals surface area contributed by atoms with Crippen molar-refractivity contribution in [1.82, 2.24) is 9.97 Å². The molecule has 0 amide bonds. The Labute approximate surface area is 89.1 Å². The first kappa shape index (κ1) is 9.77. The second-order valence-corrected chi connectivity index (χ2v) is 3.63. The van der Waals surface area contributed by atoms with E-state index in [4.69, 9.17) is 4.74 Å². The number of benzene rings is 1. The Morgan fingerprint density at radius 2 is 1.93 bits per heavy atom. The summed E-state index contributed by atoms with van der Waals surface area (Å²) >= 11 is 0. The molecule has 1 aromatic heterocycles. The van der Waals surface area contributed by atoms with Crippen LogP contribution in [0.15, 0.2) is 36.7 Å². The molecule has 2 rings (SSSR count). The maximum Gasteiger partial charge on any atom is 0.137 e. The van der Waals surface area contributed by atoms with Crippen LogP contribution in [0.1, 0.15) is 13.8 Å². The number of aromatic nitrogens is 2. The standard InChI is InChI=1S/C12H14N2O/c1-9(2)15-11-5-3-10(4-6-11)12-13-7-8-14-12/h3-9H,1-2H3,(H,13,14). The maximum atomic E-state index is 5.56. The van der Waals surface area contributed by atoms with Crippen LogP contribution < -0.4 is 4.74 Å². The third-order valence-corrected chi connectivity index (χ3v) is 2.00. The molecule has 0 unspecified atom stereocenters. The molecule has 0 aliphatic carbocycles. The fourth-order valence-corrected chi connectivity index (χ4v) is 1.39. The van der Waals surface area contributed by atoms with E-state index in [-0.39, 0.29) is 6.10 Å². The molecule has 3 heteroatoms. The van der Waals surface area contributed by atoms with E-state index in [9.17, 15) is 0 Å². The Balaban J connectivity index is 2.17. The minimum absolute atomic E-state index is 0.208. The van der Waals surface area contributed by atoms with E-state index in [1.165, 1.54) is 0 Å². The number of nitrogens with one attached hydrogen (secondary N) is 1. The van der Waals surface area contributed by atoms with Gasteiger partial charge in [-0.15, -0.1) is 0 Å². The van der Waals surface area contributed by atoms with Gasteiger partial charge in [-0.25, -0.2) is 4.98 Å². The Morgan fingerprint density at radius 1 is 1.20 bits per heavy atom. The van der Waals surface area contributed by atoms with Gasteiger partial charge in [-0.3, -0.25) is 0 Å². The molecule has 0 saturated heterocycles. The quantitative estimate of drug-likeness (QED) is 0.831. The highest BCUT2D eigenvalue weighted by Gasteiger charge is 2.01. The van der Waals surface area contributed by atoms with Crippen molar-refractivity contribution in [2.45, 2.75) is 20.0 Å². The zero-order valence-electron chi connectivity index (χ0n) is 8.90. The molecule has 0 aliphatic rings. The highest BCUT2D eigenvalue weighted by atomic mass is 16.5. The van der Waals surface area contributed by atoms with E-state index >= 15 is 0 Å². The summed E-state index contributed by atoms with van der Waals surface area (Å²) in [5.41, 5.74) is 1.07. The van der Waals surface area contributed by atoms with E-state index in [1.54, 1.807) is 6.20 Å². The first-order valence-electron chi connectivity index (χ1n) is 5.02. The molecule has 2 aromatic rings. The first-order valence-corrected chi connectivity index (χ1v) is 5.02. The summed E-state index contributed by atoms with van der Waals surface area (Å²) in [6.07, 6.45) is 3.77. The van der Waals surface area contributed by atoms with Crippen molar-refractivity contribution in [1.29, 1.82) is 0 Å². The molecule has 0 aliphatic heterocycles. The predicted octanol–water partition coefficient (Wildman–Crippen LogP) is 2.86. The summed E-state index contributed by atoms with van der Waals surface area (Å²) < 4.78 is 5.56. The molecule has 0 atom stereocenters. The van der Waals surface area contributed by atoms with E-state index < -0.39 is 0 Å². The normalized spacial score (nSPS) is 10.6. The van der Waals surface area contributed by atoms with Crippen molar-refractivity contribution in [2.24, 2.45) is 0 Å². The first-order chi connectivity index (χ1) is 7.25. The molecular formula is C12H14N2O. The van der Waals surface area contributed by atoms with Crippen molar-refractivity contribution in [2.75, 3.05) is 0 Å². The van der Waals surface area contributed by atoms with Crippen molar-refractivity contribution < 1.29 is 4.74 Å². The average Bonchev–Trinajstić information content (AvgIpc) is 2.71. The molecule has 78 valence electrons. The number of H-pyrrole nitrogens is 1. The molecule has 0 saturated carbocycles. The minimum atomic E-state index is 0.208. The van der Waals surface area contributed by atoms with Crippen LogP contribution in [0.4, 0.5) is 0 Å². The Hall–Kier alpha value is -1.77. The molecule has 0 bridgehead atoms. The third kappa shape index (κ3) is 2.37. The summed E-state index contributed by atoms with van der Waals surface area (Å²) in [6, 6.07) is 7.91. The van der Waals surface area contributed by atoms with E-state index in [0.29, 0.717) is 0 Å². The number of nitrogens with zero attached hydrogens (tertiary/aromatic N) is 1. The van der Waals surface area contributed by atoms with Gasteiger partial charge < -0.3 is 9.72 Å². The van der Waals surface area contributed by atoms with Gasteiger partial charge in [-0.1, -0.05) is 0 Å². The molecule has 0 spiro atoms. The van der Waals surface area contributed by atoms with Gasteiger partial charge in [0, 0.05) is 18.0 Å². The molecule has 1 aromatic carbocycles. The van der Waals surface area contributed by atoms with Crippen LogP contribution in [-0.2, 0) is 0 Å². The van der Waals surface area contributed by atoms with Crippen molar-refractivity contribution >= 4 is 0 Å². The largest absolute Gasteiger partial charge is 0.491 e. The molecule has 0 fully saturated rings. The Kier molecular flexibility index (Phi) is 2.72. The summed E-state index contributed by atoms with van der Waals surface area (Å²) in [6.45, 7) is 4.03. The Bertz CT molecular complexity index is 404. The van der Waals surface area contributed by atoms with Gasteiger partial charge in [0.25, 0.3) is 0 Å². The van der Waals surface area contributed by atoms with Crippen LogP contribution in [0.25, 0.3) is 11.4 Å². The monoisotopic (exact) mass is 202 g/mol. The fourth-order valence-electron chi connectivity index (χ4n) is 1.39. The summed E-state index contributed by atoms with van der Waals surface area (Å²) in [4.78, 5) is 7.24. The zero-order valence-corrected chi connectivity index (χ0v) is 8.90. The maximum absolute atomic E-state index is 5.56. The molecule has 0 radical (unpaired) electrons. The smallest absolute Gasteiger partial charge is 0.137 e. The topological polar surface area (TPSA) is 37.9 Å². The molecule has 3 nitrogen and oxygen atoms in total. The summed E-state index contributed by atoms with van der Waals surface area (Å²) in [7, 11) is 0. The van der Waals surface area contributed by atoms with Gasteiger partial charge in [-0.2, -0.15) is 0 Å². The Morgan fingerprint density at radius 3 is 2.47 bits per heavy atom. The summed E-state index contributed by atoms with van der Waals surface area (Å²) in [5, 5.41) is 0. The second-order valence-electron chi connectivity index (χ2n) is 3.63. The van der Waals surface area contributed by atoms with E-state index in [1.807, 2.05) is 44.3 Å². The van der Waals surface area contributed by atoms with Crippen LogP contribution in [-0.4, -0.2) is 16.1 Å².